The van der Waals surface area contributed by atoms with E-state index >= 15 is 0 Å². The first-order valence-corrected chi connectivity index (χ1v) is 6.15. The molecule has 1 heterocycles. The predicted molar refractivity (Wildman–Crippen MR) is 73.6 cm³/mol. The third kappa shape index (κ3) is 2.01. The molecule has 5 nitrogen and oxygen atoms in total. The van der Waals surface area contributed by atoms with Crippen molar-refractivity contribution in [2.75, 3.05) is 0 Å². The number of phenols is 1. The Balaban J connectivity index is 2.83. The summed E-state index contributed by atoms with van der Waals surface area (Å²) in [5.41, 5.74) is 2.15. The molecule has 0 saturated heterocycles. The van der Waals surface area contributed by atoms with E-state index in [9.17, 15) is 20.3 Å². The molecule has 0 aliphatic rings. The molecule has 0 amide bonds. The Hall–Kier alpha value is -2.74. The fraction of sp³-hybridized carbons (Fsp3) is 0.200. The van der Waals surface area contributed by atoms with Gasteiger partial charge in [-0.25, -0.2) is 4.79 Å². The summed E-state index contributed by atoms with van der Waals surface area (Å²) in [6.07, 6.45) is 0.567. The van der Waals surface area contributed by atoms with Gasteiger partial charge in [0.1, 0.15) is 17.5 Å². The molecule has 0 fully saturated rings. The minimum Gasteiger partial charge on any atom is -0.508 e. The summed E-state index contributed by atoms with van der Waals surface area (Å²) in [6.45, 7) is 1.88. The lowest BCUT2D eigenvalue weighted by Gasteiger charge is -2.04. The molecule has 0 saturated carbocycles. The maximum atomic E-state index is 11.5. The van der Waals surface area contributed by atoms with Gasteiger partial charge in [-0.15, -0.1) is 0 Å². The van der Waals surface area contributed by atoms with Gasteiger partial charge in [-0.05, 0) is 24.1 Å². The van der Waals surface area contributed by atoms with E-state index in [1.54, 1.807) is 23.7 Å². The number of aromatic hydroxyl groups is 1. The third-order valence-electron chi connectivity index (χ3n) is 3.32. The van der Waals surface area contributed by atoms with Crippen LogP contribution in [0.1, 0.15) is 28.7 Å². The second kappa shape index (κ2) is 5.10. The maximum absolute atomic E-state index is 11.5. The Morgan fingerprint density at radius 2 is 1.95 bits per heavy atom. The highest BCUT2D eigenvalue weighted by atomic mass is 16.4. The Morgan fingerprint density at radius 1 is 1.35 bits per heavy atom. The van der Waals surface area contributed by atoms with Crippen LogP contribution in [0.15, 0.2) is 24.3 Å². The highest BCUT2D eigenvalue weighted by Gasteiger charge is 2.25. The van der Waals surface area contributed by atoms with Crippen LogP contribution in [0.5, 0.6) is 5.75 Å². The van der Waals surface area contributed by atoms with Gasteiger partial charge in [0, 0.05) is 18.3 Å². The van der Waals surface area contributed by atoms with Gasteiger partial charge in [-0.2, -0.15) is 5.26 Å². The number of hydrogen-bond donors (Lipinski definition) is 2. The number of carboxylic acids is 1. The normalized spacial score (nSPS) is 10.2. The van der Waals surface area contributed by atoms with Crippen LogP contribution in [0.2, 0.25) is 0 Å². The zero-order valence-electron chi connectivity index (χ0n) is 11.2. The maximum Gasteiger partial charge on any atom is 0.353 e. The van der Waals surface area contributed by atoms with E-state index < -0.39 is 5.97 Å². The summed E-state index contributed by atoms with van der Waals surface area (Å²) in [6, 6.07) is 8.26. The summed E-state index contributed by atoms with van der Waals surface area (Å²) < 4.78 is 1.54. The van der Waals surface area contributed by atoms with E-state index in [-0.39, 0.29) is 11.4 Å². The van der Waals surface area contributed by atoms with E-state index in [2.05, 4.69) is 6.07 Å². The van der Waals surface area contributed by atoms with Gasteiger partial charge in [0.25, 0.3) is 0 Å². The Labute approximate surface area is 116 Å². The van der Waals surface area contributed by atoms with Gasteiger partial charge in [0.15, 0.2) is 0 Å². The molecule has 2 rings (SSSR count). The number of aromatic carboxylic acids is 1. The summed E-state index contributed by atoms with van der Waals surface area (Å²) in [7, 11) is 1.65. The van der Waals surface area contributed by atoms with Crippen molar-refractivity contribution in [3.63, 3.8) is 0 Å². The number of aromatic nitrogens is 1. The Kier molecular flexibility index (Phi) is 3.49. The Morgan fingerprint density at radius 3 is 2.40 bits per heavy atom. The molecule has 102 valence electrons. The summed E-state index contributed by atoms with van der Waals surface area (Å²) >= 11 is 0. The van der Waals surface area contributed by atoms with Gasteiger partial charge in [0.2, 0.25) is 0 Å². The number of nitrogens with zero attached hydrogens (tertiary/aromatic N) is 2. The molecule has 20 heavy (non-hydrogen) atoms. The predicted octanol–water partition coefficient (Wildman–Crippen LogP) is 2.53. The standard InChI is InChI=1S/C15H14N2O3/c1-3-12-11(8-16)13(14(15(19)20)17(12)2)9-4-6-10(18)7-5-9/h4-7,18H,3H2,1-2H3,(H,19,20). The average Bonchev–Trinajstić information content (AvgIpc) is 2.71. The SMILES string of the molecule is CCc1c(C#N)c(-c2ccc(O)cc2)c(C(=O)O)n1C. The zero-order valence-corrected chi connectivity index (χ0v) is 11.2. The zero-order chi connectivity index (χ0) is 14.9. The van der Waals surface area contributed by atoms with Crippen molar-refractivity contribution < 1.29 is 15.0 Å². The van der Waals surface area contributed by atoms with Crippen molar-refractivity contribution in [1.29, 1.82) is 5.26 Å². The molecule has 2 N–H and O–H groups in total. The summed E-state index contributed by atoms with van der Waals surface area (Å²) in [5, 5.41) is 28.1. The Bertz CT molecular complexity index is 706. The molecule has 0 atom stereocenters. The van der Waals surface area contributed by atoms with Gasteiger partial charge in [-0.1, -0.05) is 19.1 Å². The minimum atomic E-state index is -1.08. The van der Waals surface area contributed by atoms with Crippen LogP contribution in [0.3, 0.4) is 0 Å². The fourth-order valence-corrected chi connectivity index (χ4v) is 2.43. The molecule has 0 radical (unpaired) electrons. The monoisotopic (exact) mass is 270 g/mol. The van der Waals surface area contributed by atoms with Crippen molar-refractivity contribution in [2.45, 2.75) is 13.3 Å². The molecule has 0 unspecified atom stereocenters. The quantitative estimate of drug-likeness (QED) is 0.897. The van der Waals surface area contributed by atoms with Crippen LogP contribution < -0.4 is 0 Å². The lowest BCUT2D eigenvalue weighted by molar-refractivity contribution is 0.0687. The molecule has 1 aromatic carbocycles. The number of nitriles is 1. The average molecular weight is 270 g/mol. The van der Waals surface area contributed by atoms with Crippen molar-refractivity contribution in [1.82, 2.24) is 4.57 Å². The summed E-state index contributed by atoms with van der Waals surface area (Å²) in [4.78, 5) is 11.5. The van der Waals surface area contributed by atoms with Crippen LogP contribution >= 0.6 is 0 Å². The molecule has 1 aromatic heterocycles. The van der Waals surface area contributed by atoms with Gasteiger partial charge < -0.3 is 14.8 Å². The second-order valence-electron chi connectivity index (χ2n) is 4.42. The smallest absolute Gasteiger partial charge is 0.353 e. The van der Waals surface area contributed by atoms with E-state index in [0.717, 1.165) is 0 Å². The number of hydrogen-bond acceptors (Lipinski definition) is 3. The number of benzene rings is 1. The topological polar surface area (TPSA) is 86.2 Å². The van der Waals surface area contributed by atoms with Crippen molar-refractivity contribution in [3.05, 3.63) is 41.2 Å². The van der Waals surface area contributed by atoms with E-state index in [0.29, 0.717) is 28.8 Å². The van der Waals surface area contributed by atoms with E-state index in [1.807, 2.05) is 6.92 Å². The lowest BCUT2D eigenvalue weighted by Crippen LogP contribution is -2.07. The number of rotatable bonds is 3. The number of carbonyl (C=O) groups is 1. The van der Waals surface area contributed by atoms with Crippen LogP contribution in [-0.4, -0.2) is 20.7 Å². The highest BCUT2D eigenvalue weighted by Crippen LogP contribution is 2.33. The van der Waals surface area contributed by atoms with Crippen LogP contribution in [-0.2, 0) is 13.5 Å². The first-order valence-electron chi connectivity index (χ1n) is 6.15. The molecule has 2 aromatic rings. The molecule has 5 heteroatoms. The van der Waals surface area contributed by atoms with E-state index in [4.69, 9.17) is 0 Å². The van der Waals surface area contributed by atoms with Crippen LogP contribution in [0.25, 0.3) is 11.1 Å². The largest absolute Gasteiger partial charge is 0.508 e. The first kappa shape index (κ1) is 13.7. The molecule has 0 spiro atoms. The number of carboxylic acid groups (broad SMARTS) is 1. The van der Waals surface area contributed by atoms with Crippen LogP contribution in [0.4, 0.5) is 0 Å². The number of phenolic OH excluding ortho intramolecular Hbond substituents is 1. The van der Waals surface area contributed by atoms with Gasteiger partial charge in [-0.3, -0.25) is 0 Å². The van der Waals surface area contributed by atoms with E-state index in [1.165, 1.54) is 12.1 Å². The van der Waals surface area contributed by atoms with Crippen molar-refractivity contribution in [3.8, 4) is 22.9 Å². The molecular formula is C15H14N2O3. The molecule has 0 bridgehead atoms. The lowest BCUT2D eigenvalue weighted by atomic mass is 10.00. The highest BCUT2D eigenvalue weighted by molar-refractivity contribution is 5.97. The minimum absolute atomic E-state index is 0.0871. The molecule has 0 aliphatic heterocycles. The van der Waals surface area contributed by atoms with Gasteiger partial charge >= 0.3 is 5.97 Å². The fourth-order valence-electron chi connectivity index (χ4n) is 2.43. The second-order valence-corrected chi connectivity index (χ2v) is 4.42. The molecule has 0 aliphatic carbocycles. The third-order valence-corrected chi connectivity index (χ3v) is 3.32. The van der Waals surface area contributed by atoms with Crippen LogP contribution in [0, 0.1) is 11.3 Å². The summed E-state index contributed by atoms with van der Waals surface area (Å²) in [5.74, 6) is -0.984. The molecular weight excluding hydrogens is 256 g/mol. The van der Waals surface area contributed by atoms with Gasteiger partial charge in [0.05, 0.1) is 5.56 Å². The van der Waals surface area contributed by atoms with Crippen molar-refractivity contribution in [2.24, 2.45) is 7.05 Å². The first-order chi connectivity index (χ1) is 9.51. The van der Waals surface area contributed by atoms with Crippen molar-refractivity contribution >= 4 is 5.97 Å².